The molecule has 11 heavy (non-hydrogen) atoms. The van der Waals surface area contributed by atoms with Crippen LogP contribution in [0.5, 0.6) is 0 Å². The summed E-state index contributed by atoms with van der Waals surface area (Å²) in [5, 5.41) is 18.9. The van der Waals surface area contributed by atoms with Gasteiger partial charge in [-0.3, -0.25) is 0 Å². The second-order valence-corrected chi connectivity index (χ2v) is 2.39. The fraction of sp³-hybridized carbons (Fsp3) is 0.200. The topological polar surface area (TPSA) is 71.3 Å². The molecule has 0 saturated carbocycles. The molecule has 1 rings (SSSR count). The van der Waals surface area contributed by atoms with Crippen LogP contribution in [0.3, 0.4) is 0 Å². The molecule has 1 N–H and O–H groups in total. The Labute approximate surface area is 67.6 Å². The standard InChI is InChI=1S/C5H6N4OS/c1-11-5-8-4(3-7-10)2-6-9-5/h2-3,10H,1H3/b7-3-. The summed E-state index contributed by atoms with van der Waals surface area (Å²) >= 11 is 1.38. The van der Waals surface area contributed by atoms with Crippen LogP contribution in [0.25, 0.3) is 0 Å². The average Bonchev–Trinajstić information content (AvgIpc) is 2.06. The molecule has 1 aromatic heterocycles. The molecule has 0 aliphatic carbocycles. The lowest BCUT2D eigenvalue weighted by Gasteiger charge is -1.92. The Morgan fingerprint density at radius 2 is 2.55 bits per heavy atom. The largest absolute Gasteiger partial charge is 0.411 e. The highest BCUT2D eigenvalue weighted by Gasteiger charge is 1.94. The summed E-state index contributed by atoms with van der Waals surface area (Å²) in [4.78, 5) is 3.96. The first-order valence-corrected chi connectivity index (χ1v) is 4.00. The van der Waals surface area contributed by atoms with E-state index in [-0.39, 0.29) is 0 Å². The maximum atomic E-state index is 8.16. The third kappa shape index (κ3) is 2.15. The first-order valence-electron chi connectivity index (χ1n) is 2.78. The van der Waals surface area contributed by atoms with E-state index in [4.69, 9.17) is 5.21 Å². The average molecular weight is 170 g/mol. The van der Waals surface area contributed by atoms with Crippen molar-refractivity contribution in [3.8, 4) is 0 Å². The molecule has 58 valence electrons. The van der Waals surface area contributed by atoms with Gasteiger partial charge in [0.1, 0.15) is 5.69 Å². The normalized spacial score (nSPS) is 10.6. The molecule has 0 bridgehead atoms. The lowest BCUT2D eigenvalue weighted by Crippen LogP contribution is -1.94. The van der Waals surface area contributed by atoms with Crippen LogP contribution in [-0.2, 0) is 0 Å². The zero-order valence-corrected chi connectivity index (χ0v) is 6.62. The van der Waals surface area contributed by atoms with E-state index >= 15 is 0 Å². The third-order valence-electron chi connectivity index (χ3n) is 0.931. The molecule has 0 fully saturated rings. The van der Waals surface area contributed by atoms with Gasteiger partial charge in [-0.15, -0.1) is 5.10 Å². The van der Waals surface area contributed by atoms with Crippen LogP contribution in [0.4, 0.5) is 0 Å². The molecular weight excluding hydrogens is 164 g/mol. The summed E-state index contributed by atoms with van der Waals surface area (Å²) in [6.07, 6.45) is 4.46. The minimum absolute atomic E-state index is 0.492. The molecule has 0 aromatic carbocycles. The number of hydrogen-bond acceptors (Lipinski definition) is 6. The molecule has 0 amide bonds. The maximum Gasteiger partial charge on any atom is 0.209 e. The van der Waals surface area contributed by atoms with Gasteiger partial charge in [0.25, 0.3) is 0 Å². The molecule has 0 spiro atoms. The van der Waals surface area contributed by atoms with Crippen molar-refractivity contribution in [3.63, 3.8) is 0 Å². The van der Waals surface area contributed by atoms with Gasteiger partial charge in [-0.2, -0.15) is 5.10 Å². The van der Waals surface area contributed by atoms with Gasteiger partial charge >= 0.3 is 0 Å². The van der Waals surface area contributed by atoms with E-state index in [1.165, 1.54) is 24.2 Å². The maximum absolute atomic E-state index is 8.16. The molecule has 1 heterocycles. The van der Waals surface area contributed by atoms with Crippen molar-refractivity contribution in [3.05, 3.63) is 11.9 Å². The van der Waals surface area contributed by atoms with Crippen LogP contribution >= 0.6 is 11.8 Å². The first kappa shape index (κ1) is 7.93. The van der Waals surface area contributed by atoms with Gasteiger partial charge in [-0.1, -0.05) is 16.9 Å². The van der Waals surface area contributed by atoms with E-state index in [9.17, 15) is 0 Å². The summed E-state index contributed by atoms with van der Waals surface area (Å²) < 4.78 is 0. The Balaban J connectivity index is 2.91. The Bertz CT molecular complexity index is 264. The predicted octanol–water partition coefficient (Wildman–Crippen LogP) is 0.402. The van der Waals surface area contributed by atoms with Crippen molar-refractivity contribution < 1.29 is 5.21 Å². The van der Waals surface area contributed by atoms with Crippen molar-refractivity contribution >= 4 is 18.0 Å². The number of oxime groups is 1. The Morgan fingerprint density at radius 3 is 3.18 bits per heavy atom. The second-order valence-electron chi connectivity index (χ2n) is 1.61. The highest BCUT2D eigenvalue weighted by atomic mass is 32.2. The van der Waals surface area contributed by atoms with Crippen LogP contribution in [0.1, 0.15) is 5.69 Å². The zero-order chi connectivity index (χ0) is 8.10. The summed E-state index contributed by atoms with van der Waals surface area (Å²) in [6.45, 7) is 0. The molecule has 0 unspecified atom stereocenters. The molecule has 0 radical (unpaired) electrons. The summed E-state index contributed by atoms with van der Waals surface area (Å²) in [5.41, 5.74) is 0.492. The van der Waals surface area contributed by atoms with E-state index in [1.54, 1.807) is 0 Å². The molecular formula is C5H6N4OS. The van der Waals surface area contributed by atoms with E-state index in [1.807, 2.05) is 6.26 Å². The Hall–Kier alpha value is -1.17. The number of nitrogens with zero attached hydrogens (tertiary/aromatic N) is 4. The number of hydrogen-bond donors (Lipinski definition) is 1. The number of rotatable bonds is 2. The van der Waals surface area contributed by atoms with Crippen LogP contribution < -0.4 is 0 Å². The minimum Gasteiger partial charge on any atom is -0.411 e. The Morgan fingerprint density at radius 1 is 1.73 bits per heavy atom. The third-order valence-corrected chi connectivity index (χ3v) is 1.47. The monoisotopic (exact) mass is 170 g/mol. The number of aromatic nitrogens is 3. The predicted molar refractivity (Wildman–Crippen MR) is 41.0 cm³/mol. The van der Waals surface area contributed by atoms with Crippen LogP contribution in [-0.4, -0.2) is 32.9 Å². The fourth-order valence-corrected chi connectivity index (χ4v) is 0.832. The smallest absolute Gasteiger partial charge is 0.209 e. The highest BCUT2D eigenvalue weighted by Crippen LogP contribution is 2.04. The van der Waals surface area contributed by atoms with E-state index in [2.05, 4.69) is 20.3 Å². The van der Waals surface area contributed by atoms with Gasteiger partial charge in [0.2, 0.25) is 5.16 Å². The fourth-order valence-electron chi connectivity index (χ4n) is 0.507. The molecule has 0 saturated heterocycles. The first-order chi connectivity index (χ1) is 5.36. The van der Waals surface area contributed by atoms with Gasteiger partial charge in [-0.25, -0.2) is 4.98 Å². The molecule has 1 aromatic rings. The lowest BCUT2D eigenvalue weighted by atomic mass is 10.5. The van der Waals surface area contributed by atoms with Crippen LogP contribution in [0.2, 0.25) is 0 Å². The van der Waals surface area contributed by atoms with Crippen molar-refractivity contribution in [1.29, 1.82) is 0 Å². The molecule has 0 atom stereocenters. The quantitative estimate of drug-likeness (QED) is 0.301. The van der Waals surface area contributed by atoms with Crippen molar-refractivity contribution in [1.82, 2.24) is 15.2 Å². The van der Waals surface area contributed by atoms with Gasteiger partial charge in [0, 0.05) is 0 Å². The van der Waals surface area contributed by atoms with E-state index < -0.39 is 0 Å². The Kier molecular flexibility index (Phi) is 2.79. The molecule has 0 aliphatic rings. The van der Waals surface area contributed by atoms with Gasteiger partial charge in [0.15, 0.2) is 0 Å². The van der Waals surface area contributed by atoms with Crippen LogP contribution in [0.15, 0.2) is 16.5 Å². The SMILES string of the molecule is CSc1nncc(/C=N\O)n1. The molecule has 6 heteroatoms. The van der Waals surface area contributed by atoms with E-state index in [0.29, 0.717) is 10.9 Å². The van der Waals surface area contributed by atoms with Crippen molar-refractivity contribution in [2.24, 2.45) is 5.16 Å². The number of thioether (sulfide) groups is 1. The van der Waals surface area contributed by atoms with Gasteiger partial charge < -0.3 is 5.21 Å². The van der Waals surface area contributed by atoms with Crippen LogP contribution in [0, 0.1) is 0 Å². The van der Waals surface area contributed by atoms with Gasteiger partial charge in [0.05, 0.1) is 12.4 Å². The minimum atomic E-state index is 0.492. The molecule has 5 nitrogen and oxygen atoms in total. The summed E-state index contributed by atoms with van der Waals surface area (Å²) in [6, 6.07) is 0. The van der Waals surface area contributed by atoms with E-state index in [0.717, 1.165) is 0 Å². The lowest BCUT2D eigenvalue weighted by molar-refractivity contribution is 0.321. The second kappa shape index (κ2) is 3.87. The summed E-state index contributed by atoms with van der Waals surface area (Å²) in [7, 11) is 0. The van der Waals surface area contributed by atoms with Gasteiger partial charge in [-0.05, 0) is 6.26 Å². The highest BCUT2D eigenvalue weighted by molar-refractivity contribution is 7.98. The molecule has 0 aliphatic heterocycles. The van der Waals surface area contributed by atoms with Crippen molar-refractivity contribution in [2.45, 2.75) is 5.16 Å². The summed E-state index contributed by atoms with van der Waals surface area (Å²) in [5.74, 6) is 0. The zero-order valence-electron chi connectivity index (χ0n) is 5.80. The van der Waals surface area contributed by atoms with Crippen molar-refractivity contribution in [2.75, 3.05) is 6.26 Å².